The van der Waals surface area contributed by atoms with E-state index in [4.69, 9.17) is 0 Å². The van der Waals surface area contributed by atoms with Crippen LogP contribution in [0.4, 0.5) is 14.9 Å². The molecule has 4 saturated carbocycles. The molecule has 0 spiro atoms. The summed E-state index contributed by atoms with van der Waals surface area (Å²) in [5, 5.41) is 37.2. The number of likely N-dealkylation sites (tertiary alicyclic amines) is 1. The van der Waals surface area contributed by atoms with E-state index in [0.29, 0.717) is 25.4 Å². The van der Waals surface area contributed by atoms with E-state index in [0.717, 1.165) is 37.8 Å². The minimum atomic E-state index is -1.46. The van der Waals surface area contributed by atoms with Crippen LogP contribution in [0.25, 0.3) is 0 Å². The lowest BCUT2D eigenvalue weighted by Crippen LogP contribution is -2.65. The van der Waals surface area contributed by atoms with E-state index in [9.17, 15) is 24.9 Å². The van der Waals surface area contributed by atoms with Crippen molar-refractivity contribution < 1.29 is 29.3 Å². The maximum absolute atomic E-state index is 15.1. The maximum atomic E-state index is 15.1. The van der Waals surface area contributed by atoms with E-state index < -0.39 is 31.2 Å². The van der Waals surface area contributed by atoms with E-state index in [-0.39, 0.29) is 39.9 Å². The molecule has 2 unspecified atom stereocenters. The molecule has 10 heteroatoms. The number of halogens is 1. The summed E-state index contributed by atoms with van der Waals surface area (Å²) in [7, 11) is 0. The van der Waals surface area contributed by atoms with Gasteiger partial charge < -0.3 is 31.3 Å². The number of carbonyl (C=O) groups excluding carboxylic acids is 2. The third kappa shape index (κ3) is 6.00. The Balaban J connectivity index is 1.17. The van der Waals surface area contributed by atoms with Gasteiger partial charge in [-0.15, -0.1) is 0 Å². The van der Waals surface area contributed by atoms with Gasteiger partial charge in [-0.2, -0.15) is 0 Å². The number of nitrogens with one attached hydrogen (secondary N) is 3. The Morgan fingerprint density at radius 3 is 2.33 bits per heavy atom. The van der Waals surface area contributed by atoms with Crippen molar-refractivity contribution in [2.45, 2.75) is 82.8 Å². The number of piperidine rings is 1. The van der Waals surface area contributed by atoms with Crippen molar-refractivity contribution in [2.75, 3.05) is 38.2 Å². The number of urea groups is 1. The van der Waals surface area contributed by atoms with Crippen LogP contribution in [0.3, 0.4) is 0 Å². The first-order valence-corrected chi connectivity index (χ1v) is 14.7. The second kappa shape index (κ2) is 10.9. The van der Waals surface area contributed by atoms with Crippen LogP contribution in [-0.4, -0.2) is 76.1 Å². The number of amides is 3. The lowest BCUT2D eigenvalue weighted by Gasteiger charge is -2.65. The van der Waals surface area contributed by atoms with Crippen molar-refractivity contribution in [1.82, 2.24) is 15.5 Å². The van der Waals surface area contributed by atoms with Gasteiger partial charge in [-0.3, -0.25) is 9.69 Å². The summed E-state index contributed by atoms with van der Waals surface area (Å²) in [4.78, 5) is 27.9. The summed E-state index contributed by atoms with van der Waals surface area (Å²) in [6, 6.07) is 4.47. The van der Waals surface area contributed by atoms with Crippen LogP contribution in [0.15, 0.2) is 18.2 Å². The largest absolute Gasteiger partial charge is 0.394 e. The summed E-state index contributed by atoms with van der Waals surface area (Å²) in [6.45, 7) is 4.63. The number of hydrogen-bond acceptors (Lipinski definition) is 6. The van der Waals surface area contributed by atoms with Gasteiger partial charge in [-0.1, -0.05) is 19.9 Å². The molecule has 222 valence electrons. The van der Waals surface area contributed by atoms with Crippen molar-refractivity contribution in [3.8, 4) is 0 Å². The van der Waals surface area contributed by atoms with Gasteiger partial charge in [0.25, 0.3) is 0 Å². The Labute approximate surface area is 235 Å². The zero-order valence-electron chi connectivity index (χ0n) is 23.8. The molecule has 5 fully saturated rings. The van der Waals surface area contributed by atoms with Crippen LogP contribution in [0.5, 0.6) is 0 Å². The molecule has 1 saturated heterocycles. The third-order valence-corrected chi connectivity index (χ3v) is 9.87. The smallest absolute Gasteiger partial charge is 0.319 e. The second-order valence-corrected chi connectivity index (χ2v) is 14.1. The predicted octanol–water partition coefficient (Wildman–Crippen LogP) is 2.74. The number of carbonyl (C=O) groups is 2. The molecule has 5 atom stereocenters. The quantitative estimate of drug-likeness (QED) is 0.275. The molecule has 1 aromatic carbocycles. The number of benzene rings is 1. The van der Waals surface area contributed by atoms with E-state index in [1.54, 1.807) is 12.1 Å². The van der Waals surface area contributed by atoms with Gasteiger partial charge in [-0.25, -0.2) is 9.18 Å². The molecule has 1 aromatic rings. The summed E-state index contributed by atoms with van der Waals surface area (Å²) >= 11 is 0. The van der Waals surface area contributed by atoms with E-state index >= 15 is 4.39 Å². The van der Waals surface area contributed by atoms with Crippen LogP contribution < -0.4 is 16.0 Å². The van der Waals surface area contributed by atoms with Crippen LogP contribution >= 0.6 is 0 Å². The van der Waals surface area contributed by atoms with Crippen LogP contribution in [-0.2, 0) is 11.3 Å². The van der Waals surface area contributed by atoms with Gasteiger partial charge in [0.2, 0.25) is 5.91 Å². The molecule has 5 aliphatic rings. The highest BCUT2D eigenvalue weighted by Gasteiger charge is 2.60. The van der Waals surface area contributed by atoms with Crippen molar-refractivity contribution >= 4 is 17.6 Å². The Morgan fingerprint density at radius 1 is 1.05 bits per heavy atom. The zero-order valence-corrected chi connectivity index (χ0v) is 23.8. The lowest BCUT2D eigenvalue weighted by atomic mass is 9.43. The summed E-state index contributed by atoms with van der Waals surface area (Å²) in [5.41, 5.74) is -0.256. The summed E-state index contributed by atoms with van der Waals surface area (Å²) < 4.78 is 15.1. The Morgan fingerprint density at radius 2 is 1.73 bits per heavy atom. The summed E-state index contributed by atoms with van der Waals surface area (Å²) in [5.74, 6) is -0.562. The fourth-order valence-electron chi connectivity index (χ4n) is 9.04. The predicted molar refractivity (Wildman–Crippen MR) is 149 cm³/mol. The van der Waals surface area contributed by atoms with Crippen molar-refractivity contribution in [3.63, 3.8) is 0 Å². The first-order chi connectivity index (χ1) is 18.9. The van der Waals surface area contributed by atoms with Crippen LogP contribution in [0.1, 0.15) is 70.8 Å². The topological polar surface area (TPSA) is 134 Å². The Hall–Kier alpha value is -2.27. The summed E-state index contributed by atoms with van der Waals surface area (Å²) in [6.07, 6.45) is 8.08. The van der Waals surface area contributed by atoms with Crippen molar-refractivity contribution in [3.05, 3.63) is 29.6 Å². The SMILES string of the molecule is C[C@]12CC3CC(NC(=O)Nc4ccc(CN5CCC[C@H](C(=O)NC(CO)(CO)CO)C5)cc4F)(C1)C[C@@](C)(C3)C2. The number of rotatable bonds is 9. The fraction of sp³-hybridized carbons (Fsp3) is 0.733. The molecule has 6 N–H and O–H groups in total. The minimum Gasteiger partial charge on any atom is -0.394 e. The number of hydrogen-bond donors (Lipinski definition) is 6. The van der Waals surface area contributed by atoms with Gasteiger partial charge in [0, 0.05) is 18.6 Å². The number of aliphatic hydroxyl groups excluding tert-OH is 3. The highest BCUT2D eigenvalue weighted by molar-refractivity contribution is 5.90. The van der Waals surface area contributed by atoms with E-state index in [1.165, 1.54) is 25.3 Å². The van der Waals surface area contributed by atoms with Crippen molar-refractivity contribution in [2.24, 2.45) is 22.7 Å². The third-order valence-electron chi connectivity index (χ3n) is 9.87. The second-order valence-electron chi connectivity index (χ2n) is 14.1. The lowest BCUT2D eigenvalue weighted by molar-refractivity contribution is -0.131. The molecule has 4 aliphatic carbocycles. The molecule has 3 amide bonds. The molecule has 4 bridgehead atoms. The van der Waals surface area contributed by atoms with Crippen LogP contribution in [0.2, 0.25) is 0 Å². The zero-order chi connectivity index (χ0) is 28.8. The maximum Gasteiger partial charge on any atom is 0.319 e. The average molecular weight is 561 g/mol. The number of aliphatic hydroxyl groups is 3. The molecule has 40 heavy (non-hydrogen) atoms. The average Bonchev–Trinajstić information content (AvgIpc) is 2.86. The molecule has 0 aromatic heterocycles. The van der Waals surface area contributed by atoms with Crippen molar-refractivity contribution in [1.29, 1.82) is 0 Å². The van der Waals surface area contributed by atoms with Gasteiger partial charge in [0.15, 0.2) is 0 Å². The highest BCUT2D eigenvalue weighted by atomic mass is 19.1. The van der Waals surface area contributed by atoms with E-state index in [2.05, 4.69) is 34.7 Å². The molecular formula is C30H45FN4O5. The van der Waals surface area contributed by atoms with Gasteiger partial charge in [0.05, 0.1) is 31.4 Å². The Bertz CT molecular complexity index is 1100. The van der Waals surface area contributed by atoms with Gasteiger partial charge >= 0.3 is 6.03 Å². The van der Waals surface area contributed by atoms with Crippen LogP contribution in [0, 0.1) is 28.5 Å². The molecule has 1 heterocycles. The molecule has 9 nitrogen and oxygen atoms in total. The molecular weight excluding hydrogens is 515 g/mol. The first kappa shape index (κ1) is 29.2. The minimum absolute atomic E-state index is 0.146. The normalized spacial score (nSPS) is 33.5. The van der Waals surface area contributed by atoms with E-state index in [1.807, 2.05) is 0 Å². The molecule has 6 rings (SSSR count). The molecule has 0 radical (unpaired) electrons. The number of nitrogens with zero attached hydrogens (tertiary/aromatic N) is 1. The molecule has 1 aliphatic heterocycles. The highest BCUT2D eigenvalue weighted by Crippen LogP contribution is 2.66. The first-order valence-electron chi connectivity index (χ1n) is 14.7. The Kier molecular flexibility index (Phi) is 7.93. The van der Waals surface area contributed by atoms with Gasteiger partial charge in [0.1, 0.15) is 11.4 Å². The fourth-order valence-corrected chi connectivity index (χ4v) is 9.04. The number of anilines is 1. The standard InChI is InChI=1S/C30H45FN4O5/c1-27-9-21-10-28(2,14-27)16-29(11-21,15-27)34-26(40)32-24-6-5-20(8-23(24)31)12-35-7-3-4-22(13-35)25(39)33-30(17-36,18-37)19-38/h5-6,8,21-22,36-38H,3-4,7,9-19H2,1-2H3,(H,33,39)(H2,32,34,40)/t21?,22-,27-,28+,29?/m0/s1. The van der Waals surface area contributed by atoms with Gasteiger partial charge in [-0.05, 0) is 92.4 Å². The monoisotopic (exact) mass is 560 g/mol.